The lowest BCUT2D eigenvalue weighted by Gasteiger charge is -2.00. The first-order valence-electron chi connectivity index (χ1n) is 6.20. The third kappa shape index (κ3) is 7.61. The molecule has 102 valence electrons. The summed E-state index contributed by atoms with van der Waals surface area (Å²) < 4.78 is 14.9. The van der Waals surface area contributed by atoms with Gasteiger partial charge in [-0.05, 0) is 17.5 Å². The Bertz CT molecular complexity index is 465. The number of rotatable bonds is 3. The Kier molecular flexibility index (Phi) is 6.55. The molecule has 0 heterocycles. The quantitative estimate of drug-likeness (QED) is 0.774. The van der Waals surface area contributed by atoms with Gasteiger partial charge in [0.25, 0.3) is 0 Å². The smallest absolute Gasteiger partial charge is 0.196 e. The molecule has 0 aliphatic carbocycles. The maximum atomic E-state index is 10.4. The first-order chi connectivity index (χ1) is 9.01. The molecule has 2 aromatic rings. The zero-order chi connectivity index (χ0) is 14.1. The first-order valence-corrected chi connectivity index (χ1v) is 8.72. The average Bonchev–Trinajstić information content (AvgIpc) is 2.41. The topological polar surface area (TPSA) is 26.3 Å². The minimum atomic E-state index is -2.15. The van der Waals surface area contributed by atoms with Crippen LogP contribution in [0, 0.1) is 0 Å². The van der Waals surface area contributed by atoms with Crippen LogP contribution in [0.25, 0.3) is 0 Å². The summed E-state index contributed by atoms with van der Waals surface area (Å²) >= 11 is 0. The summed E-state index contributed by atoms with van der Waals surface area (Å²) in [7, 11) is -0.701. The van der Waals surface area contributed by atoms with Crippen molar-refractivity contribution < 1.29 is 9.09 Å². The van der Waals surface area contributed by atoms with Crippen molar-refractivity contribution in [2.24, 2.45) is 0 Å². The Morgan fingerprint density at radius 2 is 1.16 bits per heavy atom. The predicted molar refractivity (Wildman–Crippen MR) is 82.2 cm³/mol. The Hall–Kier alpha value is -1.37. The second-order valence-corrected chi connectivity index (χ2v) is 7.45. The summed E-state index contributed by atoms with van der Waals surface area (Å²) in [6.07, 6.45) is 1.03. The highest BCUT2D eigenvalue weighted by molar-refractivity contribution is 7.57. The molecule has 0 fully saturated rings. The van der Waals surface area contributed by atoms with Gasteiger partial charge in [0.05, 0.1) is 0 Å². The van der Waals surface area contributed by atoms with Crippen LogP contribution in [0.2, 0.25) is 0 Å². The predicted octanol–water partition coefficient (Wildman–Crippen LogP) is 4.45. The molecular formula is C16H21O2P. The molecule has 0 bridgehead atoms. The second kappa shape index (κ2) is 7.93. The van der Waals surface area contributed by atoms with Crippen molar-refractivity contribution in [1.29, 1.82) is 0 Å². The van der Waals surface area contributed by atoms with E-state index in [9.17, 15) is 4.57 Å². The molecule has 0 saturated carbocycles. The van der Waals surface area contributed by atoms with E-state index in [0.29, 0.717) is 0 Å². The highest BCUT2D eigenvalue weighted by Crippen LogP contribution is 2.35. The van der Waals surface area contributed by atoms with Gasteiger partial charge in [0.2, 0.25) is 0 Å². The molecule has 3 heteroatoms. The Labute approximate surface area is 115 Å². The summed E-state index contributed by atoms with van der Waals surface area (Å²) in [4.78, 5) is 0. The third-order valence-electron chi connectivity index (χ3n) is 2.53. The Morgan fingerprint density at radius 3 is 1.42 bits per heavy atom. The fraction of sp³-hybridized carbons (Fsp3) is 0.250. The molecule has 19 heavy (non-hydrogen) atoms. The van der Waals surface area contributed by atoms with E-state index in [4.69, 9.17) is 0 Å². The minimum absolute atomic E-state index is 1.03. The van der Waals surface area contributed by atoms with Gasteiger partial charge in [0, 0.05) is 20.4 Å². The van der Waals surface area contributed by atoms with Crippen LogP contribution in [0.4, 0.5) is 0 Å². The maximum Gasteiger partial charge on any atom is 0.196 e. The lowest BCUT2D eigenvalue weighted by molar-refractivity contribution is 0.404. The van der Waals surface area contributed by atoms with Crippen molar-refractivity contribution in [3.63, 3.8) is 0 Å². The van der Waals surface area contributed by atoms with Crippen LogP contribution in [-0.2, 0) is 15.5 Å². The van der Waals surface area contributed by atoms with Crippen LogP contribution >= 0.6 is 7.37 Å². The van der Waals surface area contributed by atoms with Gasteiger partial charge in [-0.25, -0.2) is 0 Å². The van der Waals surface area contributed by atoms with Crippen molar-refractivity contribution in [1.82, 2.24) is 0 Å². The first kappa shape index (κ1) is 15.7. The van der Waals surface area contributed by atoms with Crippen LogP contribution in [0.5, 0.6) is 0 Å². The number of benzene rings is 2. The van der Waals surface area contributed by atoms with Gasteiger partial charge in [-0.15, -0.1) is 0 Å². The summed E-state index contributed by atoms with van der Waals surface area (Å²) in [5.41, 5.74) is 2.74. The molecule has 0 N–H and O–H groups in total. The second-order valence-electron chi connectivity index (χ2n) is 4.58. The Morgan fingerprint density at radius 1 is 0.842 bits per heavy atom. The van der Waals surface area contributed by atoms with Crippen molar-refractivity contribution in [2.45, 2.75) is 6.42 Å². The largest absolute Gasteiger partial charge is 0.332 e. The van der Waals surface area contributed by atoms with E-state index in [2.05, 4.69) is 65.2 Å². The Balaban J connectivity index is 0.000000258. The minimum Gasteiger partial charge on any atom is -0.332 e. The van der Waals surface area contributed by atoms with E-state index in [1.165, 1.54) is 18.2 Å². The molecule has 2 rings (SSSR count). The highest BCUT2D eigenvalue weighted by Gasteiger charge is 1.99. The summed E-state index contributed by atoms with van der Waals surface area (Å²) in [6.45, 7) is 3.15. The fourth-order valence-corrected chi connectivity index (χ4v) is 1.43. The lowest BCUT2D eigenvalue weighted by Crippen LogP contribution is -1.85. The monoisotopic (exact) mass is 276 g/mol. The molecule has 0 radical (unpaired) electrons. The van der Waals surface area contributed by atoms with Crippen molar-refractivity contribution in [2.75, 3.05) is 20.4 Å². The van der Waals surface area contributed by atoms with Crippen LogP contribution in [0.3, 0.4) is 0 Å². The summed E-state index contributed by atoms with van der Waals surface area (Å²) in [5, 5.41) is 0. The van der Waals surface area contributed by atoms with E-state index >= 15 is 0 Å². The van der Waals surface area contributed by atoms with Crippen LogP contribution in [0.1, 0.15) is 11.1 Å². The maximum absolute atomic E-state index is 10.4. The fourth-order valence-electron chi connectivity index (χ4n) is 1.43. The van der Waals surface area contributed by atoms with Crippen LogP contribution < -0.4 is 0 Å². The highest BCUT2D eigenvalue weighted by atomic mass is 31.2. The zero-order valence-electron chi connectivity index (χ0n) is 11.7. The lowest BCUT2D eigenvalue weighted by atomic mass is 10.1. The summed E-state index contributed by atoms with van der Waals surface area (Å²) in [5.74, 6) is 0. The molecule has 0 aromatic heterocycles. The molecule has 0 saturated heterocycles. The molecule has 2 nitrogen and oxygen atoms in total. The van der Waals surface area contributed by atoms with Gasteiger partial charge in [0.1, 0.15) is 0 Å². The normalized spacial score (nSPS) is 10.5. The van der Waals surface area contributed by atoms with Gasteiger partial charge < -0.3 is 4.52 Å². The molecule has 0 amide bonds. The molecule has 0 spiro atoms. The van der Waals surface area contributed by atoms with E-state index in [1.807, 2.05) is 0 Å². The van der Waals surface area contributed by atoms with E-state index in [1.54, 1.807) is 13.3 Å². The van der Waals surface area contributed by atoms with Gasteiger partial charge >= 0.3 is 0 Å². The molecule has 2 aromatic carbocycles. The van der Waals surface area contributed by atoms with Gasteiger partial charge in [-0.2, -0.15) is 0 Å². The molecule has 0 aliphatic rings. The van der Waals surface area contributed by atoms with Crippen molar-refractivity contribution in [3.8, 4) is 0 Å². The number of hydrogen-bond acceptors (Lipinski definition) is 2. The van der Waals surface area contributed by atoms with Gasteiger partial charge in [0.15, 0.2) is 7.37 Å². The molecule has 0 atom stereocenters. The summed E-state index contributed by atoms with van der Waals surface area (Å²) in [6, 6.07) is 21.1. The molecule has 0 unspecified atom stereocenters. The molecular weight excluding hydrogens is 255 g/mol. The number of hydrogen-bond donors (Lipinski definition) is 0. The van der Waals surface area contributed by atoms with E-state index in [-0.39, 0.29) is 0 Å². The average molecular weight is 276 g/mol. The van der Waals surface area contributed by atoms with Gasteiger partial charge in [-0.1, -0.05) is 60.7 Å². The van der Waals surface area contributed by atoms with Crippen LogP contribution in [0.15, 0.2) is 60.7 Å². The van der Waals surface area contributed by atoms with E-state index in [0.717, 1.165) is 6.42 Å². The van der Waals surface area contributed by atoms with Crippen molar-refractivity contribution in [3.05, 3.63) is 71.8 Å². The van der Waals surface area contributed by atoms with Crippen LogP contribution in [-0.4, -0.2) is 20.4 Å². The third-order valence-corrected chi connectivity index (χ3v) is 3.41. The zero-order valence-corrected chi connectivity index (χ0v) is 12.6. The van der Waals surface area contributed by atoms with Gasteiger partial charge in [-0.3, -0.25) is 4.57 Å². The van der Waals surface area contributed by atoms with Crippen molar-refractivity contribution >= 4 is 7.37 Å². The SMILES string of the molecule is COP(C)(C)=O.c1ccc(Cc2ccccc2)cc1. The molecule has 0 aliphatic heterocycles. The van der Waals surface area contributed by atoms with E-state index < -0.39 is 7.37 Å². The standard InChI is InChI=1S/C13H12.C3H9O2P/c1-3-7-12(8-4-1)11-13-9-5-2-6-10-13;1-5-6(2,3)4/h1-10H,11H2;1-3H3.